The van der Waals surface area contributed by atoms with E-state index in [2.05, 4.69) is 22.4 Å². The van der Waals surface area contributed by atoms with Crippen molar-refractivity contribution in [1.82, 2.24) is 5.43 Å². The lowest BCUT2D eigenvalue weighted by atomic mass is 10.2. The van der Waals surface area contributed by atoms with Crippen LogP contribution in [-0.2, 0) is 9.59 Å². The molecule has 2 aromatic rings. The molecule has 2 N–H and O–H groups in total. The number of anilines is 1. The fraction of sp³-hybridized carbons (Fsp3) is 0.150. The predicted molar refractivity (Wildman–Crippen MR) is 109 cm³/mol. The summed E-state index contributed by atoms with van der Waals surface area (Å²) in [6.45, 7) is 6.26. The first-order valence-electron chi connectivity index (χ1n) is 8.44. The standard InChI is InChI=1S/C20H20ClN3O4/c1-3-11-28-17-8-6-16(7-9-17)23-19(25)20(26)24-22-13-14-12-15(21)5-10-18(14)27-4-2/h3,5-10,12-13H,1,4,11H2,2H3,(H,23,25)(H,24,26)/b22-13-. The van der Waals surface area contributed by atoms with Gasteiger partial charge in [0.05, 0.1) is 12.8 Å². The molecule has 28 heavy (non-hydrogen) atoms. The Bertz CT molecular complexity index is 866. The van der Waals surface area contributed by atoms with Crippen LogP contribution >= 0.6 is 11.6 Å². The predicted octanol–water partition coefficient (Wildman–Crippen LogP) is 3.39. The van der Waals surface area contributed by atoms with Crippen LogP contribution in [0, 0.1) is 0 Å². The van der Waals surface area contributed by atoms with Crippen LogP contribution in [0.1, 0.15) is 12.5 Å². The zero-order valence-corrected chi connectivity index (χ0v) is 16.0. The van der Waals surface area contributed by atoms with E-state index in [1.165, 1.54) is 6.21 Å². The average molecular weight is 402 g/mol. The smallest absolute Gasteiger partial charge is 0.329 e. The highest BCUT2D eigenvalue weighted by atomic mass is 35.5. The van der Waals surface area contributed by atoms with Gasteiger partial charge in [0.15, 0.2) is 0 Å². The van der Waals surface area contributed by atoms with Gasteiger partial charge in [-0.15, -0.1) is 0 Å². The summed E-state index contributed by atoms with van der Waals surface area (Å²) in [5.74, 6) is -0.581. The molecular weight excluding hydrogens is 382 g/mol. The summed E-state index contributed by atoms with van der Waals surface area (Å²) in [7, 11) is 0. The van der Waals surface area contributed by atoms with Gasteiger partial charge in [0.25, 0.3) is 0 Å². The Morgan fingerprint density at radius 1 is 1.14 bits per heavy atom. The molecular formula is C20H20ClN3O4. The van der Waals surface area contributed by atoms with Crippen LogP contribution in [0.5, 0.6) is 11.5 Å². The van der Waals surface area contributed by atoms with Crippen LogP contribution in [0.3, 0.4) is 0 Å². The van der Waals surface area contributed by atoms with Crippen LogP contribution in [0.15, 0.2) is 60.2 Å². The fourth-order valence-electron chi connectivity index (χ4n) is 2.10. The number of hydrogen-bond acceptors (Lipinski definition) is 5. The van der Waals surface area contributed by atoms with Gasteiger partial charge in [0.1, 0.15) is 18.1 Å². The van der Waals surface area contributed by atoms with Crippen molar-refractivity contribution in [1.29, 1.82) is 0 Å². The van der Waals surface area contributed by atoms with Crippen molar-refractivity contribution >= 4 is 35.3 Å². The zero-order chi connectivity index (χ0) is 20.4. The lowest BCUT2D eigenvalue weighted by Crippen LogP contribution is -2.32. The number of ether oxygens (including phenoxy) is 2. The van der Waals surface area contributed by atoms with Crippen molar-refractivity contribution in [2.75, 3.05) is 18.5 Å². The van der Waals surface area contributed by atoms with E-state index in [-0.39, 0.29) is 0 Å². The molecule has 2 aromatic carbocycles. The summed E-state index contributed by atoms with van der Waals surface area (Å²) in [5, 5.41) is 6.75. The molecule has 0 aromatic heterocycles. The molecule has 0 spiro atoms. The third-order valence-corrected chi connectivity index (χ3v) is 3.56. The average Bonchev–Trinajstić information content (AvgIpc) is 2.69. The first-order valence-corrected chi connectivity index (χ1v) is 8.81. The minimum Gasteiger partial charge on any atom is -0.493 e. The van der Waals surface area contributed by atoms with Gasteiger partial charge in [-0.1, -0.05) is 24.3 Å². The number of halogens is 1. The number of hydrazone groups is 1. The number of hydrogen-bond donors (Lipinski definition) is 2. The number of benzene rings is 2. The third kappa shape index (κ3) is 6.44. The molecule has 0 aliphatic rings. The zero-order valence-electron chi connectivity index (χ0n) is 15.3. The molecule has 8 heteroatoms. The summed E-state index contributed by atoms with van der Waals surface area (Å²) in [5.41, 5.74) is 3.19. The summed E-state index contributed by atoms with van der Waals surface area (Å²) in [4.78, 5) is 23.8. The number of nitrogens with one attached hydrogen (secondary N) is 2. The van der Waals surface area contributed by atoms with Gasteiger partial charge in [-0.25, -0.2) is 5.43 Å². The largest absolute Gasteiger partial charge is 0.493 e. The molecule has 0 saturated carbocycles. The van der Waals surface area contributed by atoms with E-state index in [9.17, 15) is 9.59 Å². The van der Waals surface area contributed by atoms with Crippen LogP contribution in [0.25, 0.3) is 0 Å². The lowest BCUT2D eigenvalue weighted by molar-refractivity contribution is -0.136. The van der Waals surface area contributed by atoms with Crippen LogP contribution in [0.2, 0.25) is 5.02 Å². The van der Waals surface area contributed by atoms with Crippen molar-refractivity contribution in [2.45, 2.75) is 6.92 Å². The highest BCUT2D eigenvalue weighted by Gasteiger charge is 2.13. The SMILES string of the molecule is C=CCOc1ccc(NC(=O)C(=O)N/N=C\c2cc(Cl)ccc2OCC)cc1. The van der Waals surface area contributed by atoms with Gasteiger partial charge in [0, 0.05) is 16.3 Å². The molecule has 0 aliphatic heterocycles. The van der Waals surface area contributed by atoms with E-state index in [0.717, 1.165) is 0 Å². The van der Waals surface area contributed by atoms with Crippen LogP contribution in [-0.4, -0.2) is 31.2 Å². The molecule has 2 rings (SSSR count). The Morgan fingerprint density at radius 2 is 1.89 bits per heavy atom. The Morgan fingerprint density at radius 3 is 2.57 bits per heavy atom. The second-order valence-corrected chi connectivity index (χ2v) is 5.83. The van der Waals surface area contributed by atoms with Gasteiger partial charge < -0.3 is 14.8 Å². The topological polar surface area (TPSA) is 89.0 Å². The monoisotopic (exact) mass is 401 g/mol. The number of carbonyl (C=O) groups is 2. The van der Waals surface area contributed by atoms with Gasteiger partial charge in [-0.05, 0) is 49.4 Å². The van der Waals surface area contributed by atoms with Gasteiger partial charge in [-0.2, -0.15) is 5.10 Å². The molecule has 0 unspecified atom stereocenters. The molecule has 0 radical (unpaired) electrons. The summed E-state index contributed by atoms with van der Waals surface area (Å²) < 4.78 is 10.8. The number of nitrogens with zero attached hydrogens (tertiary/aromatic N) is 1. The lowest BCUT2D eigenvalue weighted by Gasteiger charge is -2.07. The Kier molecular flexibility index (Phi) is 8.05. The summed E-state index contributed by atoms with van der Waals surface area (Å²) in [6.07, 6.45) is 2.98. The molecule has 0 atom stereocenters. The minimum atomic E-state index is -0.914. The van der Waals surface area contributed by atoms with E-state index in [4.69, 9.17) is 21.1 Å². The molecule has 0 aliphatic carbocycles. The van der Waals surface area contributed by atoms with Crippen LogP contribution < -0.4 is 20.2 Å². The first-order chi connectivity index (χ1) is 13.5. The molecule has 2 amide bonds. The maximum absolute atomic E-state index is 11.9. The van der Waals surface area contributed by atoms with Crippen molar-refractivity contribution < 1.29 is 19.1 Å². The van der Waals surface area contributed by atoms with Gasteiger partial charge in [-0.3, -0.25) is 9.59 Å². The number of rotatable bonds is 8. The second kappa shape index (κ2) is 10.7. The summed E-state index contributed by atoms with van der Waals surface area (Å²) >= 11 is 5.96. The Labute approximate surface area is 168 Å². The highest BCUT2D eigenvalue weighted by molar-refractivity contribution is 6.39. The molecule has 146 valence electrons. The molecule has 0 heterocycles. The van der Waals surface area contributed by atoms with Gasteiger partial charge in [0.2, 0.25) is 0 Å². The molecule has 0 bridgehead atoms. The van der Waals surface area contributed by atoms with Crippen molar-refractivity contribution in [3.8, 4) is 11.5 Å². The number of carbonyl (C=O) groups excluding carboxylic acids is 2. The van der Waals surface area contributed by atoms with Crippen molar-refractivity contribution in [3.05, 3.63) is 65.7 Å². The highest BCUT2D eigenvalue weighted by Crippen LogP contribution is 2.21. The molecule has 0 fully saturated rings. The number of amides is 2. The molecule has 0 saturated heterocycles. The quantitative estimate of drug-likeness (QED) is 0.307. The Hall–Kier alpha value is -3.32. The molecule has 7 nitrogen and oxygen atoms in total. The third-order valence-electron chi connectivity index (χ3n) is 3.33. The maximum Gasteiger partial charge on any atom is 0.329 e. The minimum absolute atomic E-state index is 0.379. The van der Waals surface area contributed by atoms with Crippen LogP contribution in [0.4, 0.5) is 5.69 Å². The second-order valence-electron chi connectivity index (χ2n) is 5.39. The maximum atomic E-state index is 11.9. The van der Waals surface area contributed by atoms with Crippen molar-refractivity contribution in [3.63, 3.8) is 0 Å². The van der Waals surface area contributed by atoms with Crippen molar-refractivity contribution in [2.24, 2.45) is 5.10 Å². The van der Waals surface area contributed by atoms with E-state index in [1.54, 1.807) is 48.5 Å². The summed E-state index contributed by atoms with van der Waals surface area (Å²) in [6, 6.07) is 11.6. The normalized spacial score (nSPS) is 10.4. The first kappa shape index (κ1) is 21.0. The van der Waals surface area contributed by atoms with Gasteiger partial charge >= 0.3 is 11.8 Å². The van der Waals surface area contributed by atoms with E-state index >= 15 is 0 Å². The van der Waals surface area contributed by atoms with E-state index < -0.39 is 11.8 Å². The fourth-order valence-corrected chi connectivity index (χ4v) is 2.28. The van der Waals surface area contributed by atoms with E-state index in [1.807, 2.05) is 6.92 Å². The van der Waals surface area contributed by atoms with E-state index in [0.29, 0.717) is 41.0 Å². The Balaban J connectivity index is 1.92.